The molecule has 0 saturated carbocycles. The smallest absolute Gasteiger partial charge is 0.475 e. The first kappa shape index (κ1) is 37.7. The first-order valence-electron chi connectivity index (χ1n) is 13.7. The van der Waals surface area contributed by atoms with Crippen molar-refractivity contribution in [2.24, 2.45) is 0 Å². The number of sulfone groups is 1. The monoisotopic (exact) mass is 743 g/mol. The number of carbonyl (C=O) groups excluding carboxylic acids is 2. The van der Waals surface area contributed by atoms with Crippen molar-refractivity contribution in [3.05, 3.63) is 59.2 Å². The van der Waals surface area contributed by atoms with E-state index in [-0.39, 0.29) is 24.6 Å². The van der Waals surface area contributed by atoms with Crippen molar-refractivity contribution < 1.29 is 80.6 Å². The molecule has 0 spiro atoms. The molecule has 3 heterocycles. The van der Waals surface area contributed by atoms with Crippen LogP contribution >= 0.6 is 0 Å². The summed E-state index contributed by atoms with van der Waals surface area (Å²) in [5, 5.41) is 9.30. The van der Waals surface area contributed by atoms with Crippen LogP contribution in [0.2, 0.25) is 0 Å². The summed E-state index contributed by atoms with van der Waals surface area (Å²) < 4.78 is 181. The predicted molar refractivity (Wildman–Crippen MR) is 138 cm³/mol. The molecular formula is C27H21F12N3O6S. The first-order chi connectivity index (χ1) is 22.3. The van der Waals surface area contributed by atoms with E-state index in [2.05, 4.69) is 10.3 Å². The van der Waals surface area contributed by atoms with Gasteiger partial charge in [-0.15, -0.1) is 0 Å². The first-order valence-corrected chi connectivity index (χ1v) is 15.2. The van der Waals surface area contributed by atoms with E-state index in [0.29, 0.717) is 6.07 Å². The van der Waals surface area contributed by atoms with E-state index in [9.17, 15) is 70.7 Å². The molecule has 2 saturated heterocycles. The fourth-order valence-corrected chi connectivity index (χ4v) is 8.46. The summed E-state index contributed by atoms with van der Waals surface area (Å²) in [4.78, 5) is 37.9. The zero-order chi connectivity index (χ0) is 37.1. The SMILES string of the molecule is O=C(O)C(F)(F)F.O=C1N[C@H](C(=O)N2CCC3(S(=O)(=O)c4ccc(F)cc4)c4ccc(C(F)(C(F)(F)F)C(F)(F)F)nc4CCC23)C[C@H]1F. The number of aliphatic carboxylic acids is 1. The lowest BCUT2D eigenvalue weighted by molar-refractivity contribution is -0.350. The number of nitrogens with zero attached hydrogens (tertiary/aromatic N) is 2. The van der Waals surface area contributed by atoms with Gasteiger partial charge in [-0.1, -0.05) is 6.07 Å². The standard InChI is InChI=1S/C25H20F9N3O4S.C2HF3O2/c26-12-1-3-13(4-2-12)42(40,41)22-9-10-37(21(39)17-11-15(27)20(38)36-17)19(22)8-6-16-14(22)5-7-18(35-16)23(28,24(29,30)31)25(32,33)34;3-2(4,5)1(6)7/h1-5,7,15,17,19H,6,8-11H2,(H,36,38);(H,6,7)/t15-,17+,19?,22?;/m1./s1. The minimum atomic E-state index is -6.46. The van der Waals surface area contributed by atoms with Crippen molar-refractivity contribution in [2.45, 2.75) is 77.8 Å². The van der Waals surface area contributed by atoms with Gasteiger partial charge in [0.1, 0.15) is 16.6 Å². The minimum Gasteiger partial charge on any atom is -0.475 e. The lowest BCUT2D eigenvalue weighted by Crippen LogP contribution is -2.55. The van der Waals surface area contributed by atoms with Crippen LogP contribution in [0.4, 0.5) is 52.7 Å². The van der Waals surface area contributed by atoms with Gasteiger partial charge >= 0.3 is 30.2 Å². The number of rotatable bonds is 4. The predicted octanol–water partition coefficient (Wildman–Crippen LogP) is 4.59. The Balaban J connectivity index is 0.000000698. The number of carboxylic acid groups (broad SMARTS) is 1. The van der Waals surface area contributed by atoms with E-state index in [1.54, 1.807) is 0 Å². The molecule has 2 aromatic rings. The number of halogens is 12. The molecule has 0 radical (unpaired) electrons. The Morgan fingerprint density at radius 2 is 1.49 bits per heavy atom. The van der Waals surface area contributed by atoms with Gasteiger partial charge in [0.05, 0.1) is 16.6 Å². The van der Waals surface area contributed by atoms with Crippen LogP contribution < -0.4 is 5.32 Å². The van der Waals surface area contributed by atoms with Gasteiger partial charge in [0.15, 0.2) is 16.0 Å². The van der Waals surface area contributed by atoms with Crippen molar-refractivity contribution in [3.8, 4) is 0 Å². The Labute approximate surface area is 267 Å². The van der Waals surface area contributed by atoms with Gasteiger partial charge in [0.25, 0.3) is 5.91 Å². The fraction of sp³-hybridized carbons (Fsp3) is 0.481. The van der Waals surface area contributed by atoms with Crippen LogP contribution in [-0.2, 0) is 41.1 Å². The van der Waals surface area contributed by atoms with Gasteiger partial charge in [-0.2, -0.15) is 39.5 Å². The summed E-state index contributed by atoms with van der Waals surface area (Å²) in [6.45, 7) is -0.313. The van der Waals surface area contributed by atoms with E-state index in [4.69, 9.17) is 9.90 Å². The third-order valence-corrected chi connectivity index (χ3v) is 10.9. The molecule has 2 N–H and O–H groups in total. The van der Waals surface area contributed by atoms with Crippen molar-refractivity contribution in [2.75, 3.05) is 6.54 Å². The van der Waals surface area contributed by atoms with Crippen LogP contribution in [0.15, 0.2) is 41.3 Å². The summed E-state index contributed by atoms with van der Waals surface area (Å²) in [7, 11) is -4.71. The molecule has 22 heteroatoms. The number of nitrogens with one attached hydrogen (secondary N) is 1. The highest BCUT2D eigenvalue weighted by Crippen LogP contribution is 2.56. The van der Waals surface area contributed by atoms with E-state index in [0.717, 1.165) is 29.2 Å². The summed E-state index contributed by atoms with van der Waals surface area (Å²) in [5.74, 6) is -5.45. The Morgan fingerprint density at radius 1 is 0.939 bits per heavy atom. The molecular weight excluding hydrogens is 722 g/mol. The number of aryl methyl sites for hydroxylation is 1. The topological polar surface area (TPSA) is 134 Å². The molecule has 9 nitrogen and oxygen atoms in total. The molecule has 1 aromatic carbocycles. The molecule has 2 amide bonds. The van der Waals surface area contributed by atoms with Gasteiger partial charge in [0, 0.05) is 18.7 Å². The molecule has 2 fully saturated rings. The molecule has 1 aromatic heterocycles. The highest BCUT2D eigenvalue weighted by Gasteiger charge is 2.75. The summed E-state index contributed by atoms with van der Waals surface area (Å²) in [6.07, 6.45) is -21.8. The average molecular weight is 744 g/mol. The minimum absolute atomic E-state index is 0.111. The Morgan fingerprint density at radius 3 is 1.96 bits per heavy atom. The van der Waals surface area contributed by atoms with Crippen molar-refractivity contribution in [1.82, 2.24) is 15.2 Å². The van der Waals surface area contributed by atoms with Crippen LogP contribution in [-0.4, -0.2) is 84.5 Å². The Bertz CT molecular complexity index is 1730. The highest BCUT2D eigenvalue weighted by atomic mass is 32.2. The molecule has 4 atom stereocenters. The maximum atomic E-state index is 14.8. The lowest BCUT2D eigenvalue weighted by atomic mass is 9.80. The van der Waals surface area contributed by atoms with Crippen molar-refractivity contribution in [1.29, 1.82) is 0 Å². The number of amides is 2. The molecule has 0 bridgehead atoms. The molecule has 49 heavy (non-hydrogen) atoms. The maximum absolute atomic E-state index is 14.8. The number of benzene rings is 1. The second kappa shape index (κ2) is 12.3. The quantitative estimate of drug-likeness (QED) is 0.346. The molecule has 2 unspecified atom stereocenters. The van der Waals surface area contributed by atoms with Crippen molar-refractivity contribution in [3.63, 3.8) is 0 Å². The normalized spacial score (nSPS) is 24.4. The van der Waals surface area contributed by atoms with E-state index in [1.807, 2.05) is 0 Å². The second-order valence-corrected chi connectivity index (χ2v) is 13.3. The van der Waals surface area contributed by atoms with Crippen LogP contribution in [0, 0.1) is 5.82 Å². The molecule has 5 rings (SSSR count). The summed E-state index contributed by atoms with van der Waals surface area (Å²) in [5.41, 5.74) is -8.82. The van der Waals surface area contributed by atoms with Crippen molar-refractivity contribution >= 4 is 27.6 Å². The van der Waals surface area contributed by atoms with Crippen LogP contribution in [0.25, 0.3) is 0 Å². The number of carboxylic acids is 1. The van der Waals surface area contributed by atoms with Gasteiger partial charge in [-0.05, 0) is 55.2 Å². The second-order valence-electron chi connectivity index (χ2n) is 11.1. The highest BCUT2D eigenvalue weighted by molar-refractivity contribution is 7.92. The molecule has 1 aliphatic carbocycles. The zero-order valence-corrected chi connectivity index (χ0v) is 24.9. The van der Waals surface area contributed by atoms with E-state index in [1.165, 1.54) is 0 Å². The molecule has 3 aliphatic rings. The number of carbonyl (C=O) groups is 3. The third-order valence-electron chi connectivity index (χ3n) is 8.33. The maximum Gasteiger partial charge on any atom is 0.490 e. The summed E-state index contributed by atoms with van der Waals surface area (Å²) in [6, 6.07) is 1.55. The molecule has 2 aliphatic heterocycles. The van der Waals surface area contributed by atoms with E-state index < -0.39 is 116 Å². The van der Waals surface area contributed by atoms with Crippen LogP contribution in [0.5, 0.6) is 0 Å². The Kier molecular flexibility index (Phi) is 9.49. The Hall–Kier alpha value is -4.11. The fourth-order valence-electron chi connectivity index (χ4n) is 6.10. The number of hydrogen-bond donors (Lipinski definition) is 2. The van der Waals surface area contributed by atoms with Crippen LogP contribution in [0.1, 0.15) is 36.2 Å². The third kappa shape index (κ3) is 6.26. The lowest BCUT2D eigenvalue weighted by Gasteiger charge is -2.42. The van der Waals surface area contributed by atoms with E-state index >= 15 is 0 Å². The van der Waals surface area contributed by atoms with Gasteiger partial charge < -0.3 is 15.3 Å². The largest absolute Gasteiger partial charge is 0.490 e. The van der Waals surface area contributed by atoms with Gasteiger partial charge in [0.2, 0.25) is 5.91 Å². The number of likely N-dealkylation sites (tertiary alicyclic amines) is 1. The summed E-state index contributed by atoms with van der Waals surface area (Å²) >= 11 is 0. The average Bonchev–Trinajstić information content (AvgIpc) is 3.55. The number of pyridine rings is 1. The molecule has 270 valence electrons. The van der Waals surface area contributed by atoms with Gasteiger partial charge in [-0.3, -0.25) is 14.6 Å². The van der Waals surface area contributed by atoms with Crippen LogP contribution in [0.3, 0.4) is 0 Å². The number of aromatic nitrogens is 1. The number of hydrogen-bond acceptors (Lipinski definition) is 6. The van der Waals surface area contributed by atoms with Gasteiger partial charge in [-0.25, -0.2) is 26.4 Å². The number of fused-ring (bicyclic) bond motifs is 3. The zero-order valence-electron chi connectivity index (χ0n) is 24.1. The number of alkyl halides is 11.